The maximum absolute atomic E-state index is 12.2. The summed E-state index contributed by atoms with van der Waals surface area (Å²) in [7, 11) is 5.67. The highest BCUT2D eigenvalue weighted by molar-refractivity contribution is 5.86. The van der Waals surface area contributed by atoms with Crippen molar-refractivity contribution in [3.63, 3.8) is 0 Å². The first kappa shape index (κ1) is 17.3. The summed E-state index contributed by atoms with van der Waals surface area (Å²) in [6.07, 6.45) is 0.850. The van der Waals surface area contributed by atoms with Gasteiger partial charge >= 0.3 is 5.97 Å². The third-order valence-corrected chi connectivity index (χ3v) is 3.92. The predicted octanol–water partition coefficient (Wildman–Crippen LogP) is 3.45. The zero-order valence-electron chi connectivity index (χ0n) is 14.3. The van der Waals surface area contributed by atoms with Gasteiger partial charge in [-0.3, -0.25) is 4.79 Å². The first-order valence-corrected chi connectivity index (χ1v) is 7.90. The molecule has 0 bridgehead atoms. The van der Waals surface area contributed by atoms with Gasteiger partial charge in [0.05, 0.1) is 19.6 Å². The predicted molar refractivity (Wildman–Crippen MR) is 93.0 cm³/mol. The zero-order chi connectivity index (χ0) is 16.8. The van der Waals surface area contributed by atoms with Crippen LogP contribution in [-0.4, -0.2) is 45.2 Å². The molecule has 23 heavy (non-hydrogen) atoms. The Bertz CT molecular complexity index is 667. The van der Waals surface area contributed by atoms with Crippen molar-refractivity contribution >= 4 is 16.7 Å². The van der Waals surface area contributed by atoms with E-state index < -0.39 is 0 Å². The van der Waals surface area contributed by atoms with Gasteiger partial charge in [-0.2, -0.15) is 0 Å². The molecule has 2 aromatic carbocycles. The van der Waals surface area contributed by atoms with E-state index in [1.54, 1.807) is 7.11 Å². The second kappa shape index (κ2) is 7.97. The van der Waals surface area contributed by atoms with E-state index in [4.69, 9.17) is 9.47 Å². The van der Waals surface area contributed by atoms with Crippen LogP contribution in [0.15, 0.2) is 36.4 Å². The molecule has 0 aliphatic carbocycles. The molecule has 2 rings (SSSR count). The molecule has 4 nitrogen and oxygen atoms in total. The molecule has 0 aromatic heterocycles. The quantitative estimate of drug-likeness (QED) is 0.579. The lowest BCUT2D eigenvalue weighted by molar-refractivity contribution is -0.145. The lowest BCUT2D eigenvalue weighted by Gasteiger charge is -2.14. The summed E-state index contributed by atoms with van der Waals surface area (Å²) in [4.78, 5) is 14.2. The summed E-state index contributed by atoms with van der Waals surface area (Å²) in [5.41, 5.74) is 0.972. The Labute approximate surface area is 138 Å². The third kappa shape index (κ3) is 4.70. The Kier molecular flexibility index (Phi) is 5.99. The topological polar surface area (TPSA) is 38.8 Å². The fourth-order valence-corrected chi connectivity index (χ4v) is 2.45. The lowest BCUT2D eigenvalue weighted by atomic mass is 9.98. The minimum Gasteiger partial charge on any atom is -0.497 e. The molecular formula is C19H25NO3. The molecule has 0 amide bonds. The van der Waals surface area contributed by atoms with E-state index in [0.29, 0.717) is 6.61 Å². The highest BCUT2D eigenvalue weighted by Crippen LogP contribution is 2.25. The number of benzene rings is 2. The summed E-state index contributed by atoms with van der Waals surface area (Å²) < 4.78 is 10.6. The van der Waals surface area contributed by atoms with E-state index >= 15 is 0 Å². The van der Waals surface area contributed by atoms with Gasteiger partial charge < -0.3 is 14.4 Å². The van der Waals surface area contributed by atoms with E-state index in [0.717, 1.165) is 35.1 Å². The van der Waals surface area contributed by atoms with Crippen molar-refractivity contribution in [3.05, 3.63) is 42.0 Å². The van der Waals surface area contributed by atoms with Crippen molar-refractivity contribution in [2.75, 3.05) is 34.4 Å². The summed E-state index contributed by atoms with van der Waals surface area (Å²) in [6.45, 7) is 3.27. The van der Waals surface area contributed by atoms with Crippen molar-refractivity contribution in [1.29, 1.82) is 0 Å². The maximum atomic E-state index is 12.2. The average molecular weight is 315 g/mol. The molecule has 0 saturated carbocycles. The van der Waals surface area contributed by atoms with E-state index in [2.05, 4.69) is 4.90 Å². The number of hydrogen-bond acceptors (Lipinski definition) is 4. The first-order chi connectivity index (χ1) is 11.0. The minimum absolute atomic E-state index is 0.170. The fraction of sp³-hybridized carbons (Fsp3) is 0.421. The van der Waals surface area contributed by atoms with Gasteiger partial charge in [-0.15, -0.1) is 0 Å². The summed E-state index contributed by atoms with van der Waals surface area (Å²) >= 11 is 0. The van der Waals surface area contributed by atoms with Crippen LogP contribution in [0.2, 0.25) is 0 Å². The summed E-state index contributed by atoms with van der Waals surface area (Å²) in [6, 6.07) is 12.0. The molecular weight excluding hydrogens is 290 g/mol. The number of hydrogen-bond donors (Lipinski definition) is 0. The number of rotatable bonds is 7. The molecule has 1 atom stereocenters. The highest BCUT2D eigenvalue weighted by Gasteiger charge is 2.17. The van der Waals surface area contributed by atoms with Gasteiger partial charge in [0.2, 0.25) is 0 Å². The molecule has 124 valence electrons. The van der Waals surface area contributed by atoms with E-state index in [9.17, 15) is 4.79 Å². The lowest BCUT2D eigenvalue weighted by Crippen LogP contribution is -2.18. The largest absolute Gasteiger partial charge is 0.497 e. The van der Waals surface area contributed by atoms with Crippen LogP contribution in [0.4, 0.5) is 0 Å². The molecule has 0 aliphatic heterocycles. The smallest absolute Gasteiger partial charge is 0.313 e. The molecule has 1 unspecified atom stereocenters. The van der Waals surface area contributed by atoms with Crippen LogP contribution in [0.5, 0.6) is 5.75 Å². The van der Waals surface area contributed by atoms with Gasteiger partial charge in [-0.05, 0) is 55.9 Å². The van der Waals surface area contributed by atoms with Crippen molar-refractivity contribution < 1.29 is 14.3 Å². The zero-order valence-corrected chi connectivity index (χ0v) is 14.3. The molecule has 0 N–H and O–H groups in total. The number of carbonyl (C=O) groups excluding carboxylic acids is 1. The van der Waals surface area contributed by atoms with Gasteiger partial charge in [-0.1, -0.05) is 24.3 Å². The van der Waals surface area contributed by atoms with Crippen LogP contribution >= 0.6 is 0 Å². The molecule has 0 saturated heterocycles. The first-order valence-electron chi connectivity index (χ1n) is 7.90. The highest BCUT2D eigenvalue weighted by atomic mass is 16.5. The number of ether oxygens (including phenoxy) is 2. The molecule has 0 fully saturated rings. The fourth-order valence-electron chi connectivity index (χ4n) is 2.45. The summed E-state index contributed by atoms with van der Waals surface area (Å²) in [5.74, 6) is 0.399. The number of esters is 1. The molecule has 2 aromatic rings. The second-order valence-electron chi connectivity index (χ2n) is 6.02. The monoisotopic (exact) mass is 315 g/mol. The van der Waals surface area contributed by atoms with Crippen molar-refractivity contribution in [3.8, 4) is 5.75 Å². The van der Waals surface area contributed by atoms with E-state index in [1.807, 2.05) is 57.4 Å². The molecule has 0 heterocycles. The summed E-state index contributed by atoms with van der Waals surface area (Å²) in [5, 5.41) is 2.19. The van der Waals surface area contributed by atoms with Gasteiger partial charge in [0.1, 0.15) is 5.75 Å². The molecule has 0 aliphatic rings. The van der Waals surface area contributed by atoms with Crippen LogP contribution in [0, 0.1) is 0 Å². The van der Waals surface area contributed by atoms with Crippen LogP contribution in [0.1, 0.15) is 24.8 Å². The Morgan fingerprint density at radius 3 is 2.52 bits per heavy atom. The molecule has 4 heteroatoms. The number of carbonyl (C=O) groups is 1. The standard InChI is InChI=1S/C19H25NO3/c1-14(19(21)23-11-5-10-20(2)3)15-6-7-17-13-18(22-4)9-8-16(17)12-15/h6-9,12-14H,5,10-11H2,1-4H3. The Balaban J connectivity index is 2.02. The number of methoxy groups -OCH3 is 1. The van der Waals surface area contributed by atoms with Crippen molar-refractivity contribution in [1.82, 2.24) is 4.90 Å². The average Bonchev–Trinajstić information content (AvgIpc) is 2.56. The minimum atomic E-state index is -0.263. The maximum Gasteiger partial charge on any atom is 0.313 e. The number of fused-ring (bicyclic) bond motifs is 1. The Morgan fingerprint density at radius 1 is 1.13 bits per heavy atom. The van der Waals surface area contributed by atoms with Crippen molar-refractivity contribution in [2.24, 2.45) is 0 Å². The normalized spacial score (nSPS) is 12.4. The van der Waals surface area contributed by atoms with Gasteiger partial charge in [-0.25, -0.2) is 0 Å². The second-order valence-corrected chi connectivity index (χ2v) is 6.02. The van der Waals surface area contributed by atoms with Gasteiger partial charge in [0.15, 0.2) is 0 Å². The van der Waals surface area contributed by atoms with Crippen LogP contribution in [0.3, 0.4) is 0 Å². The van der Waals surface area contributed by atoms with Gasteiger partial charge in [0.25, 0.3) is 0 Å². The van der Waals surface area contributed by atoms with Gasteiger partial charge in [0, 0.05) is 6.54 Å². The Hall–Kier alpha value is -2.07. The SMILES string of the molecule is COc1ccc2cc(C(C)C(=O)OCCCN(C)C)ccc2c1. The van der Waals surface area contributed by atoms with Crippen molar-refractivity contribution in [2.45, 2.75) is 19.3 Å². The van der Waals surface area contributed by atoms with Crippen LogP contribution < -0.4 is 4.74 Å². The number of nitrogens with zero attached hydrogens (tertiary/aromatic N) is 1. The van der Waals surface area contributed by atoms with Crippen LogP contribution in [0.25, 0.3) is 10.8 Å². The Morgan fingerprint density at radius 2 is 1.83 bits per heavy atom. The third-order valence-electron chi connectivity index (χ3n) is 3.92. The van der Waals surface area contributed by atoms with Crippen LogP contribution in [-0.2, 0) is 9.53 Å². The van der Waals surface area contributed by atoms with E-state index in [1.165, 1.54) is 0 Å². The molecule has 0 spiro atoms. The van der Waals surface area contributed by atoms with E-state index in [-0.39, 0.29) is 11.9 Å². The molecule has 0 radical (unpaired) electrons.